The molecule has 88 valence electrons. The molecule has 1 heterocycles. The summed E-state index contributed by atoms with van der Waals surface area (Å²) in [6, 6.07) is 3.02. The van der Waals surface area contributed by atoms with Crippen molar-refractivity contribution in [3.8, 4) is 0 Å². The van der Waals surface area contributed by atoms with Crippen LogP contribution >= 0.6 is 0 Å². The SMILES string of the molecule is c1c(C2CC2)n[nH]c1CNCCNC1CC1. The maximum Gasteiger partial charge on any atom is 0.0656 e. The van der Waals surface area contributed by atoms with Gasteiger partial charge in [0.25, 0.3) is 0 Å². The minimum atomic E-state index is 0.751. The average Bonchev–Trinajstić information content (AvgIpc) is 3.19. The van der Waals surface area contributed by atoms with E-state index in [0.29, 0.717) is 0 Å². The number of nitrogens with zero attached hydrogens (tertiary/aromatic N) is 1. The highest BCUT2D eigenvalue weighted by Crippen LogP contribution is 2.38. The Morgan fingerprint density at radius 3 is 2.88 bits per heavy atom. The largest absolute Gasteiger partial charge is 0.313 e. The van der Waals surface area contributed by atoms with Gasteiger partial charge in [-0.3, -0.25) is 5.10 Å². The van der Waals surface area contributed by atoms with Gasteiger partial charge in [-0.15, -0.1) is 0 Å². The molecule has 0 spiro atoms. The minimum Gasteiger partial charge on any atom is -0.313 e. The first-order chi connectivity index (χ1) is 7.92. The summed E-state index contributed by atoms with van der Waals surface area (Å²) in [4.78, 5) is 0. The molecule has 2 fully saturated rings. The summed E-state index contributed by atoms with van der Waals surface area (Å²) in [6.07, 6.45) is 5.38. The van der Waals surface area contributed by atoms with Crippen molar-refractivity contribution in [2.45, 2.75) is 44.2 Å². The lowest BCUT2D eigenvalue weighted by Crippen LogP contribution is -2.28. The monoisotopic (exact) mass is 220 g/mol. The molecule has 1 aromatic rings. The Labute approximate surface area is 96.2 Å². The van der Waals surface area contributed by atoms with Gasteiger partial charge in [0.15, 0.2) is 0 Å². The second-order valence-corrected chi connectivity index (χ2v) is 5.00. The lowest BCUT2D eigenvalue weighted by Gasteiger charge is -2.03. The Morgan fingerprint density at radius 1 is 1.25 bits per heavy atom. The Bertz CT molecular complexity index is 339. The molecule has 0 unspecified atom stereocenters. The van der Waals surface area contributed by atoms with Crippen LogP contribution < -0.4 is 10.6 Å². The predicted octanol–water partition coefficient (Wildman–Crippen LogP) is 1.13. The maximum atomic E-state index is 4.33. The second-order valence-electron chi connectivity index (χ2n) is 5.00. The third-order valence-electron chi connectivity index (χ3n) is 3.27. The molecule has 3 rings (SSSR count). The zero-order chi connectivity index (χ0) is 10.8. The van der Waals surface area contributed by atoms with Gasteiger partial charge in [-0.1, -0.05) is 0 Å². The van der Waals surface area contributed by atoms with Gasteiger partial charge in [-0.2, -0.15) is 5.10 Å². The number of rotatable bonds is 7. The molecule has 0 bridgehead atoms. The standard InChI is InChI=1S/C12H20N4/c1-2-9(1)12-7-11(15-16-12)8-13-5-6-14-10-3-4-10/h7,9-10,13-14H,1-6,8H2,(H,15,16). The number of nitrogens with one attached hydrogen (secondary N) is 3. The summed E-state index contributed by atoms with van der Waals surface area (Å²) < 4.78 is 0. The van der Waals surface area contributed by atoms with Crippen LogP contribution in [0.2, 0.25) is 0 Å². The topological polar surface area (TPSA) is 52.7 Å². The van der Waals surface area contributed by atoms with Gasteiger partial charge in [0.2, 0.25) is 0 Å². The van der Waals surface area contributed by atoms with Crippen LogP contribution in [0, 0.1) is 0 Å². The van der Waals surface area contributed by atoms with Crippen molar-refractivity contribution < 1.29 is 0 Å². The van der Waals surface area contributed by atoms with Crippen molar-refractivity contribution in [3.05, 3.63) is 17.5 Å². The third-order valence-corrected chi connectivity index (χ3v) is 3.27. The molecule has 0 aliphatic heterocycles. The molecule has 0 aromatic carbocycles. The van der Waals surface area contributed by atoms with Crippen molar-refractivity contribution >= 4 is 0 Å². The Morgan fingerprint density at radius 2 is 2.12 bits per heavy atom. The molecule has 1 aromatic heterocycles. The number of H-pyrrole nitrogens is 1. The van der Waals surface area contributed by atoms with Crippen LogP contribution in [0.5, 0.6) is 0 Å². The predicted molar refractivity (Wildman–Crippen MR) is 63.3 cm³/mol. The van der Waals surface area contributed by atoms with Crippen LogP contribution in [0.1, 0.15) is 43.0 Å². The van der Waals surface area contributed by atoms with Crippen LogP contribution in [0.25, 0.3) is 0 Å². The van der Waals surface area contributed by atoms with Crippen molar-refractivity contribution in [3.63, 3.8) is 0 Å². The van der Waals surface area contributed by atoms with Crippen molar-refractivity contribution in [2.24, 2.45) is 0 Å². The molecule has 0 saturated heterocycles. The highest BCUT2D eigenvalue weighted by molar-refractivity contribution is 5.17. The van der Waals surface area contributed by atoms with Crippen LogP contribution in [0.4, 0.5) is 0 Å². The summed E-state index contributed by atoms with van der Waals surface area (Å²) in [5.41, 5.74) is 2.47. The Kier molecular flexibility index (Phi) is 2.93. The summed E-state index contributed by atoms with van der Waals surface area (Å²) in [5.74, 6) is 0.751. The van der Waals surface area contributed by atoms with Gasteiger partial charge in [0.1, 0.15) is 0 Å². The maximum absolute atomic E-state index is 4.33. The van der Waals surface area contributed by atoms with Gasteiger partial charge in [-0.05, 0) is 31.7 Å². The van der Waals surface area contributed by atoms with Crippen molar-refractivity contribution in [1.29, 1.82) is 0 Å². The second kappa shape index (κ2) is 4.55. The zero-order valence-electron chi connectivity index (χ0n) is 9.63. The fourth-order valence-corrected chi connectivity index (χ4v) is 1.93. The molecule has 2 saturated carbocycles. The molecular formula is C12H20N4. The number of aromatic amines is 1. The average molecular weight is 220 g/mol. The molecule has 0 amide bonds. The first kappa shape index (κ1) is 10.3. The van der Waals surface area contributed by atoms with Crippen molar-refractivity contribution in [1.82, 2.24) is 20.8 Å². The van der Waals surface area contributed by atoms with E-state index in [1.54, 1.807) is 0 Å². The fourth-order valence-electron chi connectivity index (χ4n) is 1.93. The molecule has 0 radical (unpaired) electrons. The van der Waals surface area contributed by atoms with Gasteiger partial charge in [0.05, 0.1) is 5.69 Å². The quantitative estimate of drug-likeness (QED) is 0.604. The van der Waals surface area contributed by atoms with Crippen LogP contribution in [0.15, 0.2) is 6.07 Å². The van der Waals surface area contributed by atoms with E-state index in [1.165, 1.54) is 37.1 Å². The summed E-state index contributed by atoms with van der Waals surface area (Å²) in [7, 11) is 0. The van der Waals surface area contributed by atoms with E-state index in [4.69, 9.17) is 0 Å². The van der Waals surface area contributed by atoms with E-state index < -0.39 is 0 Å². The smallest absolute Gasteiger partial charge is 0.0656 e. The zero-order valence-corrected chi connectivity index (χ0v) is 9.63. The first-order valence-electron chi connectivity index (χ1n) is 6.40. The van der Waals surface area contributed by atoms with Gasteiger partial charge in [-0.25, -0.2) is 0 Å². The molecule has 2 aliphatic carbocycles. The molecule has 3 N–H and O–H groups in total. The Balaban J connectivity index is 1.33. The third kappa shape index (κ3) is 2.83. The van der Waals surface area contributed by atoms with Crippen LogP contribution in [-0.2, 0) is 6.54 Å². The molecule has 4 nitrogen and oxygen atoms in total. The van der Waals surface area contributed by atoms with Crippen molar-refractivity contribution in [2.75, 3.05) is 13.1 Å². The van der Waals surface area contributed by atoms with Crippen LogP contribution in [0.3, 0.4) is 0 Å². The van der Waals surface area contributed by atoms with E-state index in [-0.39, 0.29) is 0 Å². The molecule has 16 heavy (non-hydrogen) atoms. The van der Waals surface area contributed by atoms with Gasteiger partial charge < -0.3 is 10.6 Å². The molecule has 2 aliphatic rings. The minimum absolute atomic E-state index is 0.751. The molecular weight excluding hydrogens is 200 g/mol. The number of hydrogen-bond donors (Lipinski definition) is 3. The fraction of sp³-hybridized carbons (Fsp3) is 0.750. The number of hydrogen-bond acceptors (Lipinski definition) is 3. The van der Waals surface area contributed by atoms with E-state index in [1.807, 2.05) is 0 Å². The van der Waals surface area contributed by atoms with E-state index >= 15 is 0 Å². The molecule has 0 atom stereocenters. The van der Waals surface area contributed by atoms with E-state index in [2.05, 4.69) is 26.9 Å². The summed E-state index contributed by atoms with van der Waals surface area (Å²) in [6.45, 7) is 3.02. The lowest BCUT2D eigenvalue weighted by atomic mass is 10.2. The summed E-state index contributed by atoms with van der Waals surface area (Å²) in [5, 5.41) is 14.4. The normalized spacial score (nSPS) is 20.2. The first-order valence-corrected chi connectivity index (χ1v) is 6.40. The van der Waals surface area contributed by atoms with Gasteiger partial charge >= 0.3 is 0 Å². The van der Waals surface area contributed by atoms with Crippen LogP contribution in [-0.4, -0.2) is 29.3 Å². The Hall–Kier alpha value is -0.870. The highest BCUT2D eigenvalue weighted by Gasteiger charge is 2.25. The highest BCUT2D eigenvalue weighted by atomic mass is 15.1. The summed E-state index contributed by atoms with van der Waals surface area (Å²) >= 11 is 0. The van der Waals surface area contributed by atoms with E-state index in [9.17, 15) is 0 Å². The van der Waals surface area contributed by atoms with Gasteiger partial charge in [0, 0.05) is 37.3 Å². The lowest BCUT2D eigenvalue weighted by molar-refractivity contribution is 0.603. The van der Waals surface area contributed by atoms with E-state index in [0.717, 1.165) is 31.6 Å². The number of aromatic nitrogens is 2. The molecule has 4 heteroatoms.